The molecule has 1 aliphatic rings. The number of hydrogen-bond donors (Lipinski definition) is 1. The van der Waals surface area contributed by atoms with E-state index in [1.54, 1.807) is 32.4 Å². The Bertz CT molecular complexity index is 863. The average molecular weight is 403 g/mol. The molecule has 1 amide bonds. The highest BCUT2D eigenvalue weighted by Crippen LogP contribution is 2.30. The molecule has 3 rings (SSSR count). The Kier molecular flexibility index (Phi) is 6.79. The summed E-state index contributed by atoms with van der Waals surface area (Å²) in [5.41, 5.74) is 2.38. The van der Waals surface area contributed by atoms with Crippen molar-refractivity contribution in [3.63, 3.8) is 0 Å². The van der Waals surface area contributed by atoms with Gasteiger partial charge in [0, 0.05) is 35.8 Å². The Morgan fingerprint density at radius 1 is 1.14 bits per heavy atom. The minimum atomic E-state index is -0.255. The lowest BCUT2D eigenvalue weighted by atomic mass is 10.1. The summed E-state index contributed by atoms with van der Waals surface area (Å²) in [4.78, 5) is 14.7. The summed E-state index contributed by atoms with van der Waals surface area (Å²) in [5, 5.41) is 3.48. The molecule has 0 aromatic heterocycles. The number of rotatable bonds is 6. The summed E-state index contributed by atoms with van der Waals surface area (Å²) in [6, 6.07) is 10.9. The second kappa shape index (κ2) is 9.48. The van der Waals surface area contributed by atoms with Gasteiger partial charge < -0.3 is 24.4 Å². The molecule has 6 nitrogen and oxygen atoms in total. The molecule has 1 fully saturated rings. The summed E-state index contributed by atoms with van der Waals surface area (Å²) in [5.74, 6) is 1.06. The van der Waals surface area contributed by atoms with E-state index >= 15 is 0 Å². The van der Waals surface area contributed by atoms with Crippen LogP contribution in [0, 0.1) is 0 Å². The van der Waals surface area contributed by atoms with Crippen molar-refractivity contribution in [2.45, 2.75) is 0 Å². The van der Waals surface area contributed by atoms with Crippen molar-refractivity contribution in [2.24, 2.45) is 0 Å². The maximum atomic E-state index is 12.5. The van der Waals surface area contributed by atoms with E-state index in [1.807, 2.05) is 24.3 Å². The smallest absolute Gasteiger partial charge is 0.248 e. The van der Waals surface area contributed by atoms with Gasteiger partial charge in [-0.1, -0.05) is 11.6 Å². The van der Waals surface area contributed by atoms with Crippen molar-refractivity contribution in [3.8, 4) is 11.5 Å². The molecule has 0 aliphatic carbocycles. The van der Waals surface area contributed by atoms with Gasteiger partial charge in [-0.05, 0) is 36.4 Å². The molecule has 7 heteroatoms. The number of halogens is 1. The minimum Gasteiger partial charge on any atom is -0.497 e. The second-order valence-corrected chi connectivity index (χ2v) is 6.63. The van der Waals surface area contributed by atoms with Crippen LogP contribution in [0.3, 0.4) is 0 Å². The zero-order valence-corrected chi connectivity index (χ0v) is 16.7. The molecule has 0 bridgehead atoms. The second-order valence-electron chi connectivity index (χ2n) is 6.19. The standard InChI is InChI=1S/C21H23ClN2O4/c1-26-17-6-3-15(20(14-17)27-2)4-8-21(25)23-18-13-16(22)5-7-19(18)24-9-11-28-12-10-24/h3-8,13-14H,9-12H2,1-2H3,(H,23,25)/b8-4+. The van der Waals surface area contributed by atoms with Gasteiger partial charge in [-0.2, -0.15) is 0 Å². The van der Waals surface area contributed by atoms with Crippen molar-refractivity contribution >= 4 is 35.0 Å². The molecular weight excluding hydrogens is 380 g/mol. The maximum absolute atomic E-state index is 12.5. The Balaban J connectivity index is 1.76. The van der Waals surface area contributed by atoms with Crippen molar-refractivity contribution in [2.75, 3.05) is 50.7 Å². The van der Waals surface area contributed by atoms with E-state index in [0.717, 1.165) is 24.3 Å². The quantitative estimate of drug-likeness (QED) is 0.744. The fourth-order valence-corrected chi connectivity index (χ4v) is 3.16. The van der Waals surface area contributed by atoms with Gasteiger partial charge in [0.25, 0.3) is 0 Å². The predicted molar refractivity (Wildman–Crippen MR) is 112 cm³/mol. The molecule has 1 aliphatic heterocycles. The van der Waals surface area contributed by atoms with Crippen LogP contribution in [0.15, 0.2) is 42.5 Å². The minimum absolute atomic E-state index is 0.255. The van der Waals surface area contributed by atoms with Crippen LogP contribution >= 0.6 is 11.6 Å². The number of methoxy groups -OCH3 is 2. The Labute approximate surface area is 169 Å². The van der Waals surface area contributed by atoms with Gasteiger partial charge in [0.15, 0.2) is 0 Å². The van der Waals surface area contributed by atoms with Crippen LogP contribution in [0.25, 0.3) is 6.08 Å². The van der Waals surface area contributed by atoms with E-state index < -0.39 is 0 Å². The molecule has 0 spiro atoms. The van der Waals surface area contributed by atoms with E-state index in [9.17, 15) is 4.79 Å². The fourth-order valence-electron chi connectivity index (χ4n) is 2.98. The molecule has 0 unspecified atom stereocenters. The number of hydrogen-bond acceptors (Lipinski definition) is 5. The highest BCUT2D eigenvalue weighted by Gasteiger charge is 2.16. The number of amides is 1. The van der Waals surface area contributed by atoms with Gasteiger partial charge in [-0.3, -0.25) is 4.79 Å². The first-order valence-electron chi connectivity index (χ1n) is 8.94. The van der Waals surface area contributed by atoms with Crippen molar-refractivity contribution in [1.82, 2.24) is 0 Å². The van der Waals surface area contributed by atoms with Gasteiger partial charge in [-0.25, -0.2) is 0 Å². The van der Waals surface area contributed by atoms with Gasteiger partial charge in [0.2, 0.25) is 5.91 Å². The SMILES string of the molecule is COc1ccc(/C=C/C(=O)Nc2cc(Cl)ccc2N2CCOCC2)c(OC)c1. The molecule has 148 valence electrons. The van der Waals surface area contributed by atoms with Gasteiger partial charge >= 0.3 is 0 Å². The van der Waals surface area contributed by atoms with Gasteiger partial charge in [0.1, 0.15) is 11.5 Å². The molecule has 1 saturated heterocycles. The van der Waals surface area contributed by atoms with Crippen LogP contribution < -0.4 is 19.7 Å². The summed E-state index contributed by atoms with van der Waals surface area (Å²) >= 11 is 6.14. The number of nitrogens with zero attached hydrogens (tertiary/aromatic N) is 1. The van der Waals surface area contributed by atoms with E-state index in [2.05, 4.69) is 10.2 Å². The van der Waals surface area contributed by atoms with Gasteiger partial charge in [0.05, 0.1) is 38.8 Å². The largest absolute Gasteiger partial charge is 0.497 e. The van der Waals surface area contributed by atoms with E-state index in [4.69, 9.17) is 25.8 Å². The normalized spacial score (nSPS) is 14.2. The number of nitrogens with one attached hydrogen (secondary N) is 1. The first-order valence-corrected chi connectivity index (χ1v) is 9.32. The molecule has 0 atom stereocenters. The number of benzene rings is 2. The summed E-state index contributed by atoms with van der Waals surface area (Å²) in [6.45, 7) is 2.85. The van der Waals surface area contributed by atoms with Crippen LogP contribution in [-0.4, -0.2) is 46.4 Å². The highest BCUT2D eigenvalue weighted by molar-refractivity contribution is 6.31. The third kappa shape index (κ3) is 4.97. The van der Waals surface area contributed by atoms with Crippen LogP contribution in [0.4, 0.5) is 11.4 Å². The number of morpholine rings is 1. The molecule has 0 radical (unpaired) electrons. The first-order chi connectivity index (χ1) is 13.6. The molecule has 0 saturated carbocycles. The lowest BCUT2D eigenvalue weighted by Gasteiger charge is -2.30. The summed E-state index contributed by atoms with van der Waals surface area (Å²) in [6.07, 6.45) is 3.17. The molecule has 28 heavy (non-hydrogen) atoms. The summed E-state index contributed by atoms with van der Waals surface area (Å²) < 4.78 is 15.9. The van der Waals surface area contributed by atoms with E-state index in [1.165, 1.54) is 6.08 Å². The number of ether oxygens (including phenoxy) is 3. The number of carbonyl (C=O) groups excluding carboxylic acids is 1. The topological polar surface area (TPSA) is 60.0 Å². The van der Waals surface area contributed by atoms with Crippen LogP contribution in [0.2, 0.25) is 5.02 Å². The Hall–Kier alpha value is -2.70. The van der Waals surface area contributed by atoms with Crippen LogP contribution in [0.1, 0.15) is 5.56 Å². The van der Waals surface area contributed by atoms with Gasteiger partial charge in [-0.15, -0.1) is 0 Å². The third-order valence-electron chi connectivity index (χ3n) is 4.42. The monoisotopic (exact) mass is 402 g/mol. The molecule has 2 aromatic rings. The predicted octanol–water partition coefficient (Wildman–Crippen LogP) is 3.85. The Morgan fingerprint density at radius 3 is 2.64 bits per heavy atom. The fraction of sp³-hybridized carbons (Fsp3) is 0.286. The lowest BCUT2D eigenvalue weighted by molar-refractivity contribution is -0.111. The van der Waals surface area contributed by atoms with Crippen molar-refractivity contribution < 1.29 is 19.0 Å². The van der Waals surface area contributed by atoms with Crippen LogP contribution in [-0.2, 0) is 9.53 Å². The zero-order chi connectivity index (χ0) is 19.9. The van der Waals surface area contributed by atoms with Crippen molar-refractivity contribution in [1.29, 1.82) is 0 Å². The maximum Gasteiger partial charge on any atom is 0.248 e. The summed E-state index contributed by atoms with van der Waals surface area (Å²) in [7, 11) is 3.17. The number of anilines is 2. The van der Waals surface area contributed by atoms with Crippen molar-refractivity contribution in [3.05, 3.63) is 53.1 Å². The first kappa shape index (κ1) is 20.0. The number of carbonyl (C=O) groups is 1. The van der Waals surface area contributed by atoms with Crippen LogP contribution in [0.5, 0.6) is 11.5 Å². The molecule has 2 aromatic carbocycles. The molecule has 1 N–H and O–H groups in total. The highest BCUT2D eigenvalue weighted by atomic mass is 35.5. The zero-order valence-electron chi connectivity index (χ0n) is 15.9. The van der Waals surface area contributed by atoms with E-state index in [-0.39, 0.29) is 5.91 Å². The van der Waals surface area contributed by atoms with E-state index in [0.29, 0.717) is 35.4 Å². The molecular formula is C21H23ClN2O4. The Morgan fingerprint density at radius 2 is 1.93 bits per heavy atom. The molecule has 1 heterocycles. The third-order valence-corrected chi connectivity index (χ3v) is 4.66. The lowest BCUT2D eigenvalue weighted by Crippen LogP contribution is -2.36. The average Bonchev–Trinajstić information content (AvgIpc) is 2.73.